The molecule has 1 aliphatic rings. The van der Waals surface area contributed by atoms with Crippen LogP contribution in [0.5, 0.6) is 5.75 Å². The van der Waals surface area contributed by atoms with Gasteiger partial charge in [-0.2, -0.15) is 5.26 Å². The Kier molecular flexibility index (Phi) is 5.62. The van der Waals surface area contributed by atoms with Gasteiger partial charge in [-0.3, -0.25) is 0 Å². The number of carbonyl (C=O) groups is 1. The summed E-state index contributed by atoms with van der Waals surface area (Å²) in [5.74, 6) is 1.47. The molecule has 1 saturated carbocycles. The topological polar surface area (TPSA) is 79.1 Å². The SMILES string of the molecule is CCNC(=O)Nc1ccc(-c2c(C#N)c3ccc(OCC)cc3n2CC2CC2)cc1. The van der Waals surface area contributed by atoms with E-state index in [2.05, 4.69) is 21.3 Å². The molecule has 0 radical (unpaired) electrons. The zero-order chi connectivity index (χ0) is 21.1. The Bertz CT molecular complexity index is 1100. The van der Waals surface area contributed by atoms with Crippen molar-refractivity contribution in [2.24, 2.45) is 5.92 Å². The number of hydrogen-bond acceptors (Lipinski definition) is 3. The second kappa shape index (κ2) is 8.50. The number of nitrogens with zero attached hydrogens (tertiary/aromatic N) is 2. The summed E-state index contributed by atoms with van der Waals surface area (Å²) < 4.78 is 7.97. The van der Waals surface area contributed by atoms with Crippen LogP contribution in [-0.4, -0.2) is 23.7 Å². The lowest BCUT2D eigenvalue weighted by Gasteiger charge is -2.12. The zero-order valence-corrected chi connectivity index (χ0v) is 17.4. The van der Waals surface area contributed by atoms with Crippen molar-refractivity contribution in [1.29, 1.82) is 5.26 Å². The van der Waals surface area contributed by atoms with E-state index in [4.69, 9.17) is 4.74 Å². The molecular weight excluding hydrogens is 376 g/mol. The Morgan fingerprint density at radius 2 is 1.97 bits per heavy atom. The van der Waals surface area contributed by atoms with E-state index in [9.17, 15) is 10.1 Å². The number of urea groups is 1. The van der Waals surface area contributed by atoms with Crippen molar-refractivity contribution >= 4 is 22.6 Å². The second-order valence-corrected chi connectivity index (χ2v) is 7.56. The number of nitrogens with one attached hydrogen (secondary N) is 2. The van der Waals surface area contributed by atoms with Gasteiger partial charge in [-0.1, -0.05) is 12.1 Å². The van der Waals surface area contributed by atoms with Gasteiger partial charge in [-0.05, 0) is 62.4 Å². The van der Waals surface area contributed by atoms with E-state index in [1.165, 1.54) is 12.8 Å². The third-order valence-electron chi connectivity index (χ3n) is 5.35. The van der Waals surface area contributed by atoms with Crippen LogP contribution in [0.2, 0.25) is 0 Å². The highest BCUT2D eigenvalue weighted by molar-refractivity contribution is 5.96. The first-order valence-electron chi connectivity index (χ1n) is 10.5. The first-order chi connectivity index (χ1) is 14.6. The fourth-order valence-corrected chi connectivity index (χ4v) is 3.79. The minimum absolute atomic E-state index is 0.228. The van der Waals surface area contributed by atoms with E-state index in [1.54, 1.807) is 0 Å². The molecule has 154 valence electrons. The van der Waals surface area contributed by atoms with E-state index < -0.39 is 0 Å². The molecule has 0 atom stereocenters. The molecule has 0 aliphatic heterocycles. The number of amides is 2. The van der Waals surface area contributed by atoms with Crippen molar-refractivity contribution in [3.8, 4) is 23.1 Å². The van der Waals surface area contributed by atoms with Gasteiger partial charge in [-0.15, -0.1) is 0 Å². The molecule has 0 saturated heterocycles. The average molecular weight is 402 g/mol. The van der Waals surface area contributed by atoms with Crippen molar-refractivity contribution in [2.75, 3.05) is 18.5 Å². The van der Waals surface area contributed by atoms with E-state index in [0.717, 1.165) is 34.5 Å². The molecule has 1 fully saturated rings. The fraction of sp³-hybridized carbons (Fsp3) is 0.333. The molecule has 6 nitrogen and oxygen atoms in total. The molecule has 1 aliphatic carbocycles. The Hall–Kier alpha value is -3.46. The number of nitriles is 1. The first-order valence-corrected chi connectivity index (χ1v) is 10.5. The van der Waals surface area contributed by atoms with Gasteiger partial charge in [0.05, 0.1) is 23.4 Å². The molecule has 1 heterocycles. The Morgan fingerprint density at radius 1 is 1.20 bits per heavy atom. The van der Waals surface area contributed by atoms with Crippen LogP contribution in [0.3, 0.4) is 0 Å². The monoisotopic (exact) mass is 402 g/mol. The first kappa shape index (κ1) is 19.8. The van der Waals surface area contributed by atoms with Crippen LogP contribution in [-0.2, 0) is 6.54 Å². The summed E-state index contributed by atoms with van der Waals surface area (Å²) in [6.45, 7) is 5.91. The summed E-state index contributed by atoms with van der Waals surface area (Å²) in [6, 6.07) is 15.8. The van der Waals surface area contributed by atoms with Crippen molar-refractivity contribution in [3.05, 3.63) is 48.0 Å². The van der Waals surface area contributed by atoms with Crippen molar-refractivity contribution in [2.45, 2.75) is 33.2 Å². The van der Waals surface area contributed by atoms with Crippen LogP contribution in [0.25, 0.3) is 22.2 Å². The summed E-state index contributed by atoms with van der Waals surface area (Å²) in [4.78, 5) is 11.8. The normalized spacial score (nSPS) is 13.1. The van der Waals surface area contributed by atoms with Gasteiger partial charge in [0.15, 0.2) is 0 Å². The molecule has 30 heavy (non-hydrogen) atoms. The van der Waals surface area contributed by atoms with Gasteiger partial charge in [0.2, 0.25) is 0 Å². The minimum atomic E-state index is -0.228. The molecule has 3 aromatic rings. The van der Waals surface area contributed by atoms with Gasteiger partial charge in [0.1, 0.15) is 11.8 Å². The van der Waals surface area contributed by atoms with Crippen molar-refractivity contribution in [3.63, 3.8) is 0 Å². The number of fused-ring (bicyclic) bond motifs is 1. The van der Waals surface area contributed by atoms with E-state index in [1.807, 2.05) is 56.3 Å². The Labute approximate surface area is 176 Å². The molecule has 1 aromatic heterocycles. The number of aromatic nitrogens is 1. The van der Waals surface area contributed by atoms with Crippen LogP contribution >= 0.6 is 0 Å². The second-order valence-electron chi connectivity index (χ2n) is 7.56. The molecule has 2 amide bonds. The summed E-state index contributed by atoms with van der Waals surface area (Å²) in [5.41, 5.74) is 4.31. The van der Waals surface area contributed by atoms with Gasteiger partial charge >= 0.3 is 6.03 Å². The smallest absolute Gasteiger partial charge is 0.319 e. The third-order valence-corrected chi connectivity index (χ3v) is 5.35. The largest absolute Gasteiger partial charge is 0.494 e. The molecule has 0 spiro atoms. The van der Waals surface area contributed by atoms with E-state index in [0.29, 0.717) is 30.3 Å². The van der Waals surface area contributed by atoms with E-state index >= 15 is 0 Å². The van der Waals surface area contributed by atoms with Gasteiger partial charge in [0.25, 0.3) is 0 Å². The minimum Gasteiger partial charge on any atom is -0.494 e. The van der Waals surface area contributed by atoms with Gasteiger partial charge in [-0.25, -0.2) is 4.79 Å². The molecule has 0 bridgehead atoms. The van der Waals surface area contributed by atoms with Crippen LogP contribution in [0.4, 0.5) is 10.5 Å². The van der Waals surface area contributed by atoms with Crippen molar-refractivity contribution < 1.29 is 9.53 Å². The lowest BCUT2D eigenvalue weighted by Crippen LogP contribution is -2.28. The summed E-state index contributed by atoms with van der Waals surface area (Å²) in [6.07, 6.45) is 2.45. The number of ether oxygens (including phenoxy) is 1. The highest BCUT2D eigenvalue weighted by Crippen LogP contribution is 2.39. The Morgan fingerprint density at radius 3 is 2.60 bits per heavy atom. The summed E-state index contributed by atoms with van der Waals surface area (Å²) in [7, 11) is 0. The zero-order valence-electron chi connectivity index (χ0n) is 17.4. The molecule has 2 N–H and O–H groups in total. The standard InChI is InChI=1S/C24H26N4O2/c1-3-26-24(29)27-18-9-7-17(8-10-18)23-21(14-25)20-12-11-19(30-4-2)13-22(20)28(23)15-16-5-6-16/h7-13,16H,3-6,15H2,1-2H3,(H2,26,27,29). The predicted octanol–water partition coefficient (Wildman–Crippen LogP) is 5.13. The van der Waals surface area contributed by atoms with Gasteiger partial charge in [0, 0.05) is 30.2 Å². The molecule has 0 unspecified atom stereocenters. The molecule has 4 rings (SSSR count). The van der Waals surface area contributed by atoms with Gasteiger partial charge < -0.3 is 19.9 Å². The molecule has 2 aromatic carbocycles. The quantitative estimate of drug-likeness (QED) is 0.575. The van der Waals surface area contributed by atoms with E-state index in [-0.39, 0.29) is 6.03 Å². The number of benzene rings is 2. The van der Waals surface area contributed by atoms with Crippen LogP contribution in [0, 0.1) is 17.2 Å². The van der Waals surface area contributed by atoms with Crippen molar-refractivity contribution in [1.82, 2.24) is 9.88 Å². The number of rotatable bonds is 7. The maximum atomic E-state index is 11.8. The average Bonchev–Trinajstić information content (AvgIpc) is 3.51. The number of anilines is 1. The van der Waals surface area contributed by atoms with Crippen LogP contribution in [0.1, 0.15) is 32.3 Å². The predicted molar refractivity (Wildman–Crippen MR) is 119 cm³/mol. The lowest BCUT2D eigenvalue weighted by atomic mass is 10.1. The van der Waals surface area contributed by atoms with Crippen LogP contribution in [0.15, 0.2) is 42.5 Å². The molecular formula is C24H26N4O2. The lowest BCUT2D eigenvalue weighted by molar-refractivity contribution is 0.252. The number of carbonyl (C=O) groups excluding carboxylic acids is 1. The maximum absolute atomic E-state index is 11.8. The molecule has 6 heteroatoms. The number of hydrogen-bond donors (Lipinski definition) is 2. The van der Waals surface area contributed by atoms with Crippen LogP contribution < -0.4 is 15.4 Å². The fourth-order valence-electron chi connectivity index (χ4n) is 3.79. The maximum Gasteiger partial charge on any atom is 0.319 e. The summed E-state index contributed by atoms with van der Waals surface area (Å²) in [5, 5.41) is 16.5. The highest BCUT2D eigenvalue weighted by Gasteiger charge is 2.26. The Balaban J connectivity index is 1.78. The highest BCUT2D eigenvalue weighted by atomic mass is 16.5. The summed E-state index contributed by atoms with van der Waals surface area (Å²) >= 11 is 0. The third kappa shape index (κ3) is 3.97.